The molecule has 1 heterocycles. The summed E-state index contributed by atoms with van der Waals surface area (Å²) in [5.74, 6) is 0. The molecular formula is C15H10N4S. The predicted molar refractivity (Wildman–Crippen MR) is 79.3 cm³/mol. The first-order chi connectivity index (χ1) is 9.90. The maximum Gasteiger partial charge on any atom is 0.199 e. The SMILES string of the molecule is N#Cc1nnsc1N(c1ccccc1)c1ccccc1. The van der Waals surface area contributed by atoms with Crippen LogP contribution >= 0.6 is 11.5 Å². The summed E-state index contributed by atoms with van der Waals surface area (Å²) in [5.41, 5.74) is 2.28. The molecule has 0 atom stereocenters. The molecule has 0 aliphatic heterocycles. The fraction of sp³-hybridized carbons (Fsp3) is 0. The van der Waals surface area contributed by atoms with Crippen LogP contribution in [0.3, 0.4) is 0 Å². The van der Waals surface area contributed by atoms with Crippen molar-refractivity contribution in [1.29, 1.82) is 5.26 Å². The molecule has 0 saturated carbocycles. The van der Waals surface area contributed by atoms with Crippen molar-refractivity contribution in [2.24, 2.45) is 0 Å². The first-order valence-corrected chi connectivity index (χ1v) is 6.80. The molecule has 96 valence electrons. The van der Waals surface area contributed by atoms with E-state index in [0.29, 0.717) is 5.69 Å². The quantitative estimate of drug-likeness (QED) is 0.729. The van der Waals surface area contributed by atoms with Gasteiger partial charge in [-0.05, 0) is 24.3 Å². The van der Waals surface area contributed by atoms with Gasteiger partial charge in [-0.1, -0.05) is 40.9 Å². The second-order valence-corrected chi connectivity index (χ2v) is 4.78. The van der Waals surface area contributed by atoms with E-state index in [2.05, 4.69) is 15.7 Å². The Bertz CT molecular complexity index is 692. The Balaban J connectivity index is 2.17. The molecule has 3 rings (SSSR count). The summed E-state index contributed by atoms with van der Waals surface area (Å²) in [4.78, 5) is 1.99. The summed E-state index contributed by atoms with van der Waals surface area (Å²) in [5, 5.41) is 13.8. The van der Waals surface area contributed by atoms with Crippen LogP contribution in [0.15, 0.2) is 60.7 Å². The molecule has 0 saturated heterocycles. The van der Waals surface area contributed by atoms with Crippen molar-refractivity contribution >= 4 is 27.9 Å². The summed E-state index contributed by atoms with van der Waals surface area (Å²) in [6.07, 6.45) is 0. The van der Waals surface area contributed by atoms with Gasteiger partial charge in [-0.15, -0.1) is 5.10 Å². The van der Waals surface area contributed by atoms with Crippen molar-refractivity contribution in [3.8, 4) is 6.07 Å². The highest BCUT2D eigenvalue weighted by atomic mass is 32.1. The lowest BCUT2D eigenvalue weighted by molar-refractivity contribution is 1.12. The molecule has 0 amide bonds. The first kappa shape index (κ1) is 12.3. The molecule has 20 heavy (non-hydrogen) atoms. The van der Waals surface area contributed by atoms with Gasteiger partial charge in [0, 0.05) is 22.9 Å². The number of nitriles is 1. The Hall–Kier alpha value is -2.71. The number of para-hydroxylation sites is 2. The van der Waals surface area contributed by atoms with Crippen molar-refractivity contribution in [2.45, 2.75) is 0 Å². The minimum atomic E-state index is 0.336. The Morgan fingerprint density at radius 2 is 1.45 bits per heavy atom. The van der Waals surface area contributed by atoms with Crippen molar-refractivity contribution in [3.05, 3.63) is 66.4 Å². The number of hydrogen-bond donors (Lipinski definition) is 0. The zero-order valence-electron chi connectivity index (χ0n) is 10.5. The van der Waals surface area contributed by atoms with Gasteiger partial charge in [0.25, 0.3) is 0 Å². The third-order valence-corrected chi connectivity index (χ3v) is 3.52. The zero-order chi connectivity index (χ0) is 13.8. The van der Waals surface area contributed by atoms with E-state index in [-0.39, 0.29) is 0 Å². The third-order valence-electron chi connectivity index (χ3n) is 2.81. The molecule has 0 spiro atoms. The van der Waals surface area contributed by atoms with E-state index in [0.717, 1.165) is 16.4 Å². The first-order valence-electron chi connectivity index (χ1n) is 6.03. The van der Waals surface area contributed by atoms with Crippen LogP contribution in [0.5, 0.6) is 0 Å². The lowest BCUT2D eigenvalue weighted by Gasteiger charge is -2.22. The van der Waals surface area contributed by atoms with E-state index in [9.17, 15) is 5.26 Å². The standard InChI is InChI=1S/C15H10N4S/c16-11-14-15(20-18-17-14)19(12-7-3-1-4-8-12)13-9-5-2-6-10-13/h1-10H. The second-order valence-electron chi connectivity index (χ2n) is 4.05. The lowest BCUT2D eigenvalue weighted by atomic mass is 10.2. The van der Waals surface area contributed by atoms with Crippen LogP contribution in [0, 0.1) is 11.3 Å². The molecule has 0 bridgehead atoms. The smallest absolute Gasteiger partial charge is 0.199 e. The Morgan fingerprint density at radius 3 is 1.95 bits per heavy atom. The van der Waals surface area contributed by atoms with Gasteiger partial charge in [-0.3, -0.25) is 4.90 Å². The van der Waals surface area contributed by atoms with E-state index >= 15 is 0 Å². The zero-order valence-corrected chi connectivity index (χ0v) is 11.3. The normalized spacial score (nSPS) is 9.95. The number of benzene rings is 2. The van der Waals surface area contributed by atoms with Crippen molar-refractivity contribution in [1.82, 2.24) is 9.59 Å². The van der Waals surface area contributed by atoms with Crippen LogP contribution in [0.25, 0.3) is 0 Å². The monoisotopic (exact) mass is 278 g/mol. The molecule has 1 aromatic heterocycles. The van der Waals surface area contributed by atoms with Crippen LogP contribution in [-0.2, 0) is 0 Å². The second kappa shape index (κ2) is 5.51. The summed E-state index contributed by atoms with van der Waals surface area (Å²) in [6.45, 7) is 0. The van der Waals surface area contributed by atoms with Crippen LogP contribution in [-0.4, -0.2) is 9.59 Å². The molecule has 5 heteroatoms. The van der Waals surface area contributed by atoms with Crippen molar-refractivity contribution in [3.63, 3.8) is 0 Å². The largest absolute Gasteiger partial charge is 0.298 e. The molecule has 0 fully saturated rings. The molecule has 4 nitrogen and oxygen atoms in total. The number of nitrogens with zero attached hydrogens (tertiary/aromatic N) is 4. The van der Waals surface area contributed by atoms with Crippen LogP contribution in [0.1, 0.15) is 5.69 Å². The van der Waals surface area contributed by atoms with E-state index in [1.165, 1.54) is 11.5 Å². The number of anilines is 3. The minimum Gasteiger partial charge on any atom is -0.298 e. The Labute approximate surface area is 120 Å². The number of aromatic nitrogens is 2. The minimum absolute atomic E-state index is 0.336. The summed E-state index contributed by atoms with van der Waals surface area (Å²) >= 11 is 1.21. The van der Waals surface area contributed by atoms with Crippen molar-refractivity contribution < 1.29 is 0 Å². The average molecular weight is 278 g/mol. The van der Waals surface area contributed by atoms with Crippen LogP contribution in [0.4, 0.5) is 16.4 Å². The molecule has 2 aromatic carbocycles. The number of hydrogen-bond acceptors (Lipinski definition) is 5. The van der Waals surface area contributed by atoms with Gasteiger partial charge in [0.1, 0.15) is 6.07 Å². The van der Waals surface area contributed by atoms with Crippen molar-refractivity contribution in [2.75, 3.05) is 4.90 Å². The molecule has 0 radical (unpaired) electrons. The van der Waals surface area contributed by atoms with Crippen LogP contribution in [0.2, 0.25) is 0 Å². The average Bonchev–Trinajstić information content (AvgIpc) is 2.98. The highest BCUT2D eigenvalue weighted by Gasteiger charge is 2.18. The predicted octanol–water partition coefficient (Wildman–Crippen LogP) is 3.88. The van der Waals surface area contributed by atoms with E-state index in [1.54, 1.807) is 0 Å². The Morgan fingerprint density at radius 1 is 0.900 bits per heavy atom. The highest BCUT2D eigenvalue weighted by molar-refractivity contribution is 7.10. The maximum atomic E-state index is 9.18. The maximum absolute atomic E-state index is 9.18. The summed E-state index contributed by atoms with van der Waals surface area (Å²) in [7, 11) is 0. The molecule has 0 aliphatic carbocycles. The van der Waals surface area contributed by atoms with Gasteiger partial charge in [0.15, 0.2) is 10.7 Å². The molecule has 3 aromatic rings. The summed E-state index contributed by atoms with van der Waals surface area (Å²) in [6, 6.07) is 21.8. The van der Waals surface area contributed by atoms with E-state index in [1.807, 2.05) is 65.6 Å². The highest BCUT2D eigenvalue weighted by Crippen LogP contribution is 2.37. The fourth-order valence-electron chi connectivity index (χ4n) is 1.94. The Kier molecular flexibility index (Phi) is 3.40. The van der Waals surface area contributed by atoms with E-state index in [4.69, 9.17) is 0 Å². The number of rotatable bonds is 3. The van der Waals surface area contributed by atoms with Gasteiger partial charge in [0.05, 0.1) is 0 Å². The van der Waals surface area contributed by atoms with Gasteiger partial charge in [0.2, 0.25) is 0 Å². The van der Waals surface area contributed by atoms with Gasteiger partial charge in [-0.2, -0.15) is 5.26 Å². The van der Waals surface area contributed by atoms with E-state index < -0.39 is 0 Å². The van der Waals surface area contributed by atoms with Crippen LogP contribution < -0.4 is 4.90 Å². The summed E-state index contributed by atoms with van der Waals surface area (Å²) < 4.78 is 3.89. The van der Waals surface area contributed by atoms with Gasteiger partial charge < -0.3 is 0 Å². The molecule has 0 unspecified atom stereocenters. The molecule has 0 N–H and O–H groups in total. The lowest BCUT2D eigenvalue weighted by Crippen LogP contribution is -2.09. The molecular weight excluding hydrogens is 268 g/mol. The van der Waals surface area contributed by atoms with Gasteiger partial charge in [-0.25, -0.2) is 0 Å². The fourth-order valence-corrected chi connectivity index (χ4v) is 2.61. The third kappa shape index (κ3) is 2.25. The molecule has 0 aliphatic rings. The topological polar surface area (TPSA) is 52.8 Å². The van der Waals surface area contributed by atoms with Gasteiger partial charge >= 0.3 is 0 Å².